The fraction of sp³-hybridized carbons (Fsp3) is 0.227. The third-order valence-electron chi connectivity index (χ3n) is 5.48. The Labute approximate surface area is 183 Å². The number of fused-ring (bicyclic) bond motifs is 2. The van der Waals surface area contributed by atoms with Gasteiger partial charge in [0.25, 0.3) is 5.56 Å². The molecule has 1 unspecified atom stereocenters. The van der Waals surface area contributed by atoms with Crippen LogP contribution in [-0.2, 0) is 5.41 Å². The van der Waals surface area contributed by atoms with Crippen LogP contribution >= 0.6 is 11.6 Å². The molecule has 31 heavy (non-hydrogen) atoms. The summed E-state index contributed by atoms with van der Waals surface area (Å²) >= 11 is 6.07. The first kappa shape index (κ1) is 19.4. The lowest BCUT2D eigenvalue weighted by atomic mass is 9.85. The Morgan fingerprint density at radius 1 is 1.03 bits per heavy atom. The maximum atomic E-state index is 12.7. The number of anilines is 2. The zero-order valence-corrected chi connectivity index (χ0v) is 18.0. The Morgan fingerprint density at radius 2 is 1.74 bits per heavy atom. The highest BCUT2D eigenvalue weighted by Gasteiger charge is 2.34. The van der Waals surface area contributed by atoms with Crippen molar-refractivity contribution in [3.05, 3.63) is 80.6 Å². The second-order valence-corrected chi connectivity index (χ2v) is 8.98. The summed E-state index contributed by atoms with van der Waals surface area (Å²) in [6, 6.07) is 15.2. The minimum atomic E-state index is -0.421. The summed E-state index contributed by atoms with van der Waals surface area (Å²) in [5, 5.41) is 22.7. The highest BCUT2D eigenvalue weighted by Crippen LogP contribution is 2.41. The third kappa shape index (κ3) is 3.29. The molecular formula is C22H20ClN7O. The molecule has 0 spiro atoms. The smallest absolute Gasteiger partial charge is 0.288 e. The summed E-state index contributed by atoms with van der Waals surface area (Å²) in [7, 11) is 0. The van der Waals surface area contributed by atoms with Gasteiger partial charge in [0.15, 0.2) is 0 Å². The van der Waals surface area contributed by atoms with E-state index in [1.807, 2.05) is 12.1 Å². The van der Waals surface area contributed by atoms with E-state index < -0.39 is 6.04 Å². The standard InChI is InChI=1S/C22H20ClN7O/c1-22(2,3)14-8-4-13(5-9-14)19-16-17(12-6-10-15(23)11-7-12)25-26-20(31)18(16)24-21-27-28-29-30(19)21/h4-11,19H,1-3H3,(H,26,31)(H,24,27,29). The molecule has 0 amide bonds. The van der Waals surface area contributed by atoms with E-state index in [0.717, 1.165) is 11.1 Å². The molecule has 1 atom stereocenters. The molecule has 2 N–H and O–H groups in total. The average Bonchev–Trinajstić information content (AvgIpc) is 3.21. The molecule has 0 radical (unpaired) electrons. The van der Waals surface area contributed by atoms with Crippen LogP contribution in [0.25, 0.3) is 11.3 Å². The van der Waals surface area contributed by atoms with Crippen molar-refractivity contribution in [2.24, 2.45) is 0 Å². The number of tetrazole rings is 1. The van der Waals surface area contributed by atoms with Crippen molar-refractivity contribution in [2.45, 2.75) is 32.2 Å². The first-order chi connectivity index (χ1) is 14.8. The van der Waals surface area contributed by atoms with Gasteiger partial charge in [0.1, 0.15) is 11.7 Å². The number of benzene rings is 2. The molecule has 0 bridgehead atoms. The summed E-state index contributed by atoms with van der Waals surface area (Å²) in [6.45, 7) is 6.51. The van der Waals surface area contributed by atoms with Crippen molar-refractivity contribution in [3.63, 3.8) is 0 Å². The minimum Gasteiger partial charge on any atom is -0.318 e. The largest absolute Gasteiger partial charge is 0.318 e. The molecule has 0 fully saturated rings. The summed E-state index contributed by atoms with van der Waals surface area (Å²) < 4.78 is 1.68. The van der Waals surface area contributed by atoms with Crippen LogP contribution in [0.3, 0.4) is 0 Å². The van der Waals surface area contributed by atoms with Crippen LogP contribution < -0.4 is 10.9 Å². The molecule has 156 valence electrons. The van der Waals surface area contributed by atoms with E-state index in [9.17, 15) is 4.79 Å². The van der Waals surface area contributed by atoms with Gasteiger partial charge in [-0.1, -0.05) is 73.9 Å². The molecule has 0 aliphatic carbocycles. The molecule has 2 aromatic carbocycles. The molecule has 1 aliphatic rings. The van der Waals surface area contributed by atoms with Crippen molar-refractivity contribution in [1.29, 1.82) is 0 Å². The summed E-state index contributed by atoms with van der Waals surface area (Å²) in [6.07, 6.45) is 0. The summed E-state index contributed by atoms with van der Waals surface area (Å²) in [5.41, 5.74) is 4.39. The van der Waals surface area contributed by atoms with Gasteiger partial charge in [-0.15, -0.1) is 0 Å². The van der Waals surface area contributed by atoms with Gasteiger partial charge in [-0.05, 0) is 39.1 Å². The van der Waals surface area contributed by atoms with Gasteiger partial charge in [0.2, 0.25) is 5.95 Å². The van der Waals surface area contributed by atoms with Gasteiger partial charge in [-0.3, -0.25) is 4.79 Å². The number of halogens is 1. The van der Waals surface area contributed by atoms with Crippen molar-refractivity contribution >= 4 is 23.2 Å². The first-order valence-electron chi connectivity index (χ1n) is 9.87. The molecule has 4 aromatic rings. The van der Waals surface area contributed by atoms with E-state index in [-0.39, 0.29) is 11.0 Å². The van der Waals surface area contributed by atoms with Crippen LogP contribution in [0.4, 0.5) is 11.6 Å². The lowest BCUT2D eigenvalue weighted by Gasteiger charge is -2.28. The SMILES string of the molecule is CC(C)(C)c1ccc(C2c3c(-c4ccc(Cl)cc4)n[nH]c(=O)c3Nc3nnnn32)cc1. The van der Waals surface area contributed by atoms with Crippen LogP contribution in [-0.4, -0.2) is 30.4 Å². The number of H-pyrrole nitrogens is 1. The van der Waals surface area contributed by atoms with Gasteiger partial charge in [0.05, 0.1) is 5.69 Å². The van der Waals surface area contributed by atoms with Crippen molar-refractivity contribution in [3.8, 4) is 11.3 Å². The number of nitrogens with zero attached hydrogens (tertiary/aromatic N) is 5. The van der Waals surface area contributed by atoms with Crippen molar-refractivity contribution < 1.29 is 0 Å². The maximum absolute atomic E-state index is 12.7. The second-order valence-electron chi connectivity index (χ2n) is 8.54. The highest BCUT2D eigenvalue weighted by atomic mass is 35.5. The van der Waals surface area contributed by atoms with E-state index in [0.29, 0.717) is 27.9 Å². The van der Waals surface area contributed by atoms with Crippen molar-refractivity contribution in [2.75, 3.05) is 5.32 Å². The highest BCUT2D eigenvalue weighted by molar-refractivity contribution is 6.30. The van der Waals surface area contributed by atoms with E-state index in [1.54, 1.807) is 16.8 Å². The fourth-order valence-electron chi connectivity index (χ4n) is 3.84. The molecular weight excluding hydrogens is 414 g/mol. The lowest BCUT2D eigenvalue weighted by Crippen LogP contribution is -2.29. The van der Waals surface area contributed by atoms with Gasteiger partial charge in [-0.2, -0.15) is 9.78 Å². The molecule has 2 aromatic heterocycles. The zero-order chi connectivity index (χ0) is 21.8. The Kier molecular flexibility index (Phi) is 4.40. The zero-order valence-electron chi connectivity index (χ0n) is 17.2. The monoisotopic (exact) mass is 433 g/mol. The summed E-state index contributed by atoms with van der Waals surface area (Å²) in [5.74, 6) is 0.399. The number of rotatable bonds is 2. The minimum absolute atomic E-state index is 0.0255. The molecule has 3 heterocycles. The van der Waals surface area contributed by atoms with Gasteiger partial charge < -0.3 is 5.32 Å². The van der Waals surface area contributed by atoms with Gasteiger partial charge in [-0.25, -0.2) is 5.10 Å². The van der Waals surface area contributed by atoms with Crippen LogP contribution in [0.2, 0.25) is 5.02 Å². The maximum Gasteiger partial charge on any atom is 0.288 e. The van der Waals surface area contributed by atoms with Crippen LogP contribution in [0, 0.1) is 0 Å². The number of hydrogen-bond acceptors (Lipinski definition) is 6. The van der Waals surface area contributed by atoms with Gasteiger partial charge >= 0.3 is 0 Å². The Balaban J connectivity index is 1.75. The molecule has 0 saturated carbocycles. The summed E-state index contributed by atoms with van der Waals surface area (Å²) in [4.78, 5) is 12.7. The second kappa shape index (κ2) is 7.02. The normalized spacial score (nSPS) is 15.2. The van der Waals surface area contributed by atoms with E-state index in [4.69, 9.17) is 11.6 Å². The van der Waals surface area contributed by atoms with E-state index in [2.05, 4.69) is 76.1 Å². The predicted octanol–water partition coefficient (Wildman–Crippen LogP) is 4.07. The Morgan fingerprint density at radius 3 is 2.42 bits per heavy atom. The van der Waals surface area contributed by atoms with Crippen LogP contribution in [0.5, 0.6) is 0 Å². The Bertz CT molecular complexity index is 1320. The lowest BCUT2D eigenvalue weighted by molar-refractivity contribution is 0.564. The van der Waals surface area contributed by atoms with E-state index >= 15 is 0 Å². The third-order valence-corrected chi connectivity index (χ3v) is 5.73. The van der Waals surface area contributed by atoms with Crippen LogP contribution in [0.15, 0.2) is 53.3 Å². The number of nitrogens with one attached hydrogen (secondary N) is 2. The van der Waals surface area contributed by atoms with Gasteiger partial charge in [0, 0.05) is 16.1 Å². The molecule has 0 saturated heterocycles. The topological polar surface area (TPSA) is 101 Å². The van der Waals surface area contributed by atoms with Crippen molar-refractivity contribution in [1.82, 2.24) is 30.4 Å². The van der Waals surface area contributed by atoms with Crippen LogP contribution in [0.1, 0.15) is 43.5 Å². The molecule has 5 rings (SSSR count). The number of hydrogen-bond donors (Lipinski definition) is 2. The molecule has 1 aliphatic heterocycles. The number of aromatic nitrogens is 6. The average molecular weight is 434 g/mol. The van der Waals surface area contributed by atoms with E-state index in [1.165, 1.54) is 5.56 Å². The predicted molar refractivity (Wildman–Crippen MR) is 119 cm³/mol. The first-order valence-corrected chi connectivity index (χ1v) is 10.2. The number of aromatic amines is 1. The Hall–Kier alpha value is -3.52. The molecule has 8 nitrogen and oxygen atoms in total. The quantitative estimate of drug-likeness (QED) is 0.435. The fourth-order valence-corrected chi connectivity index (χ4v) is 3.96. The molecule has 9 heteroatoms.